The quantitative estimate of drug-likeness (QED) is 0.686. The number of aromatic nitrogens is 4. The van der Waals surface area contributed by atoms with Crippen LogP contribution < -0.4 is 5.32 Å². The summed E-state index contributed by atoms with van der Waals surface area (Å²) in [7, 11) is 0. The van der Waals surface area contributed by atoms with Crippen LogP contribution in [0, 0.1) is 0 Å². The largest absolute Gasteiger partial charge is 0.329 e. The van der Waals surface area contributed by atoms with Crippen molar-refractivity contribution in [3.63, 3.8) is 0 Å². The van der Waals surface area contributed by atoms with Gasteiger partial charge in [-0.05, 0) is 17.3 Å². The number of hydrogen-bond donors (Lipinski definition) is 2. The summed E-state index contributed by atoms with van der Waals surface area (Å²) in [6, 6.07) is 7.18. The number of rotatable bonds is 3. The molecule has 0 saturated heterocycles. The van der Waals surface area contributed by atoms with Gasteiger partial charge in [0.25, 0.3) is 0 Å². The molecule has 1 aromatic carbocycles. The number of carbonyl (C=O) groups is 1. The fourth-order valence-electron chi connectivity index (χ4n) is 1.10. The summed E-state index contributed by atoms with van der Waals surface area (Å²) in [6.07, 6.45) is 0.620. The lowest BCUT2D eigenvalue weighted by molar-refractivity contribution is -0.105. The summed E-state index contributed by atoms with van der Waals surface area (Å²) in [5.74, 6) is 0.500. The van der Waals surface area contributed by atoms with E-state index in [2.05, 4.69) is 25.9 Å². The van der Waals surface area contributed by atoms with E-state index in [0.29, 0.717) is 17.9 Å². The van der Waals surface area contributed by atoms with E-state index in [1.807, 2.05) is 6.07 Å². The maximum atomic E-state index is 10.2. The molecule has 0 unspecified atom stereocenters. The molecule has 14 heavy (non-hydrogen) atoms. The Morgan fingerprint density at radius 1 is 1.43 bits per heavy atom. The van der Waals surface area contributed by atoms with Gasteiger partial charge in [0.1, 0.15) is 0 Å². The lowest BCUT2D eigenvalue weighted by Gasteiger charge is -1.99. The molecule has 0 aliphatic carbocycles. The van der Waals surface area contributed by atoms with Crippen LogP contribution in [-0.2, 0) is 4.79 Å². The highest BCUT2D eigenvalue weighted by atomic mass is 16.1. The van der Waals surface area contributed by atoms with Gasteiger partial charge in [-0.1, -0.05) is 12.1 Å². The van der Waals surface area contributed by atoms with Crippen molar-refractivity contribution < 1.29 is 4.79 Å². The number of H-pyrrole nitrogens is 1. The van der Waals surface area contributed by atoms with Crippen LogP contribution in [-0.4, -0.2) is 27.0 Å². The molecule has 6 heteroatoms. The molecule has 6 nitrogen and oxygen atoms in total. The molecule has 1 aromatic heterocycles. The minimum absolute atomic E-state index is 0.500. The van der Waals surface area contributed by atoms with Crippen molar-refractivity contribution in [2.75, 3.05) is 5.32 Å². The summed E-state index contributed by atoms with van der Waals surface area (Å²) >= 11 is 0. The van der Waals surface area contributed by atoms with E-state index in [-0.39, 0.29) is 0 Å². The fourth-order valence-corrected chi connectivity index (χ4v) is 1.10. The lowest BCUT2D eigenvalue weighted by Crippen LogP contribution is -1.93. The second-order valence-corrected chi connectivity index (χ2v) is 2.58. The summed E-state index contributed by atoms with van der Waals surface area (Å²) < 4.78 is 0. The lowest BCUT2D eigenvalue weighted by atomic mass is 10.2. The highest BCUT2D eigenvalue weighted by Gasteiger charge is 2.02. The SMILES string of the molecule is O=CNc1cccc(-c2nn[nH]n2)c1. The molecule has 2 N–H and O–H groups in total. The van der Waals surface area contributed by atoms with Crippen LogP contribution in [0.2, 0.25) is 0 Å². The van der Waals surface area contributed by atoms with Gasteiger partial charge in [0.2, 0.25) is 12.2 Å². The topological polar surface area (TPSA) is 83.6 Å². The molecule has 1 amide bonds. The molecule has 0 spiro atoms. The van der Waals surface area contributed by atoms with E-state index in [1.165, 1.54) is 0 Å². The Balaban J connectivity index is 2.35. The van der Waals surface area contributed by atoms with Crippen LogP contribution in [0.5, 0.6) is 0 Å². The third-order valence-corrected chi connectivity index (χ3v) is 1.69. The number of benzene rings is 1. The summed E-state index contributed by atoms with van der Waals surface area (Å²) in [5, 5.41) is 16.0. The number of nitrogens with one attached hydrogen (secondary N) is 2. The minimum Gasteiger partial charge on any atom is -0.329 e. The van der Waals surface area contributed by atoms with Crippen molar-refractivity contribution in [3.05, 3.63) is 24.3 Å². The van der Waals surface area contributed by atoms with E-state index < -0.39 is 0 Å². The van der Waals surface area contributed by atoms with E-state index >= 15 is 0 Å². The molecule has 2 aromatic rings. The number of hydrogen-bond acceptors (Lipinski definition) is 4. The van der Waals surface area contributed by atoms with Crippen LogP contribution in [0.25, 0.3) is 11.4 Å². The van der Waals surface area contributed by atoms with Gasteiger partial charge in [-0.15, -0.1) is 10.2 Å². The van der Waals surface area contributed by atoms with Crippen LogP contribution in [0.15, 0.2) is 24.3 Å². The molecule has 0 fully saturated rings. The number of tetrazole rings is 1. The van der Waals surface area contributed by atoms with Crippen molar-refractivity contribution in [1.29, 1.82) is 0 Å². The first-order valence-corrected chi connectivity index (χ1v) is 3.94. The first kappa shape index (κ1) is 8.36. The third-order valence-electron chi connectivity index (χ3n) is 1.69. The number of aromatic amines is 1. The number of amides is 1. The van der Waals surface area contributed by atoms with E-state index in [9.17, 15) is 4.79 Å². The molecule has 2 rings (SSSR count). The molecule has 0 aliphatic heterocycles. The zero-order valence-electron chi connectivity index (χ0n) is 7.14. The monoisotopic (exact) mass is 189 g/mol. The van der Waals surface area contributed by atoms with Crippen LogP contribution in [0.1, 0.15) is 0 Å². The Morgan fingerprint density at radius 2 is 2.36 bits per heavy atom. The van der Waals surface area contributed by atoms with Gasteiger partial charge in [0.15, 0.2) is 0 Å². The van der Waals surface area contributed by atoms with E-state index in [1.54, 1.807) is 18.2 Å². The molecule has 1 heterocycles. The third kappa shape index (κ3) is 1.58. The average molecular weight is 189 g/mol. The molecule has 70 valence electrons. The molecular formula is C8H7N5O. The Kier molecular flexibility index (Phi) is 2.18. The van der Waals surface area contributed by atoms with Crippen LogP contribution >= 0.6 is 0 Å². The molecule has 0 saturated carbocycles. The summed E-state index contributed by atoms with van der Waals surface area (Å²) in [4.78, 5) is 10.2. The number of nitrogens with zero attached hydrogens (tertiary/aromatic N) is 3. The first-order valence-electron chi connectivity index (χ1n) is 3.94. The zero-order valence-corrected chi connectivity index (χ0v) is 7.14. The molecule has 0 bridgehead atoms. The summed E-state index contributed by atoms with van der Waals surface area (Å²) in [6.45, 7) is 0. The van der Waals surface area contributed by atoms with Crippen molar-refractivity contribution in [1.82, 2.24) is 20.6 Å². The van der Waals surface area contributed by atoms with Crippen molar-refractivity contribution in [2.45, 2.75) is 0 Å². The zero-order chi connectivity index (χ0) is 9.80. The van der Waals surface area contributed by atoms with Crippen molar-refractivity contribution in [2.24, 2.45) is 0 Å². The van der Waals surface area contributed by atoms with Gasteiger partial charge in [0.05, 0.1) is 0 Å². The standard InChI is InChI=1S/C8H7N5O/c14-5-9-7-3-1-2-6(4-7)8-10-12-13-11-8/h1-5H,(H,9,14)(H,10,11,12,13). The van der Waals surface area contributed by atoms with Crippen LogP contribution in [0.3, 0.4) is 0 Å². The van der Waals surface area contributed by atoms with Gasteiger partial charge >= 0.3 is 0 Å². The normalized spacial score (nSPS) is 9.71. The number of anilines is 1. The molecular weight excluding hydrogens is 182 g/mol. The van der Waals surface area contributed by atoms with Gasteiger partial charge in [0, 0.05) is 11.3 Å². The van der Waals surface area contributed by atoms with Crippen LogP contribution in [0.4, 0.5) is 5.69 Å². The molecule has 0 radical (unpaired) electrons. The Labute approximate surface area is 79.3 Å². The van der Waals surface area contributed by atoms with Crippen molar-refractivity contribution >= 4 is 12.1 Å². The van der Waals surface area contributed by atoms with Gasteiger partial charge in [-0.2, -0.15) is 5.21 Å². The highest BCUT2D eigenvalue weighted by Crippen LogP contribution is 2.17. The fraction of sp³-hybridized carbons (Fsp3) is 0. The van der Waals surface area contributed by atoms with Gasteiger partial charge < -0.3 is 5.32 Å². The second-order valence-electron chi connectivity index (χ2n) is 2.58. The van der Waals surface area contributed by atoms with Crippen molar-refractivity contribution in [3.8, 4) is 11.4 Å². The summed E-state index contributed by atoms with van der Waals surface area (Å²) in [5.41, 5.74) is 1.49. The number of carbonyl (C=O) groups excluding carboxylic acids is 1. The van der Waals surface area contributed by atoms with Gasteiger partial charge in [-0.25, -0.2) is 0 Å². The average Bonchev–Trinajstić information content (AvgIpc) is 2.71. The first-order chi connectivity index (χ1) is 6.90. The molecule has 0 aliphatic rings. The van der Waals surface area contributed by atoms with Gasteiger partial charge in [-0.3, -0.25) is 4.79 Å². The highest BCUT2D eigenvalue weighted by molar-refractivity contribution is 5.74. The smallest absolute Gasteiger partial charge is 0.211 e. The second kappa shape index (κ2) is 3.65. The van der Waals surface area contributed by atoms with E-state index in [0.717, 1.165) is 5.56 Å². The maximum Gasteiger partial charge on any atom is 0.211 e. The maximum absolute atomic E-state index is 10.2. The molecule has 0 atom stereocenters. The van der Waals surface area contributed by atoms with E-state index in [4.69, 9.17) is 0 Å². The Bertz CT molecular complexity index is 425. The Morgan fingerprint density at radius 3 is 3.07 bits per heavy atom. The Hall–Kier alpha value is -2.24. The minimum atomic E-state index is 0.500. The predicted octanol–water partition coefficient (Wildman–Crippen LogP) is 0.435. The predicted molar refractivity (Wildman–Crippen MR) is 49.3 cm³/mol.